The molecule has 6 nitrogen and oxygen atoms in total. The third kappa shape index (κ3) is 5.89. The summed E-state index contributed by atoms with van der Waals surface area (Å²) in [5, 5.41) is 6.17. The minimum atomic E-state index is -0.0207. The first-order valence-corrected chi connectivity index (χ1v) is 9.29. The number of anilines is 3. The van der Waals surface area contributed by atoms with Crippen LogP contribution in [0.25, 0.3) is 11.1 Å². The molecule has 0 radical (unpaired) electrons. The first-order valence-electron chi connectivity index (χ1n) is 9.29. The highest BCUT2D eigenvalue weighted by Crippen LogP contribution is 2.24. The zero-order chi connectivity index (χ0) is 19.8. The lowest BCUT2D eigenvalue weighted by atomic mass is 10.1. The molecule has 0 aliphatic heterocycles. The Labute approximate surface area is 165 Å². The number of benzene rings is 1. The van der Waals surface area contributed by atoms with Crippen molar-refractivity contribution < 1.29 is 4.79 Å². The highest BCUT2D eigenvalue weighted by atomic mass is 16.1. The number of hydrogen-bond acceptors (Lipinski definition) is 5. The smallest absolute Gasteiger partial charge is 0.225 e. The van der Waals surface area contributed by atoms with E-state index in [2.05, 4.69) is 25.5 Å². The molecular weight excluding hydrogens is 350 g/mol. The van der Waals surface area contributed by atoms with Crippen molar-refractivity contribution in [1.82, 2.24) is 14.9 Å². The quantitative estimate of drug-likeness (QED) is 0.618. The average molecular weight is 375 g/mol. The average Bonchev–Trinajstić information content (AvgIpc) is 2.69. The Morgan fingerprint density at radius 1 is 0.929 bits per heavy atom. The van der Waals surface area contributed by atoms with Gasteiger partial charge in [-0.05, 0) is 74.6 Å². The number of aromatic nitrogens is 2. The van der Waals surface area contributed by atoms with Crippen LogP contribution in [0.1, 0.15) is 12.8 Å². The van der Waals surface area contributed by atoms with E-state index in [9.17, 15) is 4.79 Å². The van der Waals surface area contributed by atoms with Crippen LogP contribution in [-0.4, -0.2) is 41.4 Å². The Balaban J connectivity index is 1.68. The summed E-state index contributed by atoms with van der Waals surface area (Å²) < 4.78 is 0. The van der Waals surface area contributed by atoms with Gasteiger partial charge >= 0.3 is 0 Å². The van der Waals surface area contributed by atoms with E-state index in [1.54, 1.807) is 12.4 Å². The van der Waals surface area contributed by atoms with Gasteiger partial charge in [0, 0.05) is 24.5 Å². The monoisotopic (exact) mass is 375 g/mol. The highest BCUT2D eigenvalue weighted by molar-refractivity contribution is 5.90. The fraction of sp³-hybridized carbons (Fsp3) is 0.227. The zero-order valence-electron chi connectivity index (χ0n) is 16.2. The molecule has 2 aromatic heterocycles. The molecule has 0 saturated carbocycles. The summed E-state index contributed by atoms with van der Waals surface area (Å²) in [6, 6.07) is 17.6. The normalized spacial score (nSPS) is 10.7. The highest BCUT2D eigenvalue weighted by Gasteiger charge is 2.07. The maximum Gasteiger partial charge on any atom is 0.225 e. The molecule has 0 aliphatic carbocycles. The maximum atomic E-state index is 12.1. The molecule has 6 heteroatoms. The first-order chi connectivity index (χ1) is 13.6. The molecular formula is C22H25N5O. The van der Waals surface area contributed by atoms with Gasteiger partial charge in [0.15, 0.2) is 0 Å². The van der Waals surface area contributed by atoms with Gasteiger partial charge in [0.2, 0.25) is 5.91 Å². The first kappa shape index (κ1) is 19.5. The number of para-hydroxylation sites is 1. The van der Waals surface area contributed by atoms with Crippen LogP contribution in [0.15, 0.2) is 67.0 Å². The Hall–Kier alpha value is -3.25. The summed E-state index contributed by atoms with van der Waals surface area (Å²) in [6.45, 7) is 0.884. The SMILES string of the molecule is CN(C)CCCC(=O)Nc1cc(-c2ccnc(Nc3ccccc3)c2)ccn1. The minimum Gasteiger partial charge on any atom is -0.340 e. The Morgan fingerprint density at radius 3 is 2.25 bits per heavy atom. The molecule has 1 amide bonds. The summed E-state index contributed by atoms with van der Waals surface area (Å²) in [4.78, 5) is 22.8. The summed E-state index contributed by atoms with van der Waals surface area (Å²) in [5.74, 6) is 1.30. The molecule has 3 aromatic rings. The molecule has 0 fully saturated rings. The van der Waals surface area contributed by atoms with Crippen LogP contribution in [-0.2, 0) is 4.79 Å². The topological polar surface area (TPSA) is 70.2 Å². The fourth-order valence-corrected chi connectivity index (χ4v) is 2.79. The van der Waals surface area contributed by atoms with Crippen molar-refractivity contribution in [3.63, 3.8) is 0 Å². The predicted octanol–water partition coefficient (Wildman–Crippen LogP) is 4.17. The van der Waals surface area contributed by atoms with Crippen molar-refractivity contribution in [2.24, 2.45) is 0 Å². The largest absolute Gasteiger partial charge is 0.340 e. The molecule has 0 unspecified atom stereocenters. The van der Waals surface area contributed by atoms with Gasteiger partial charge in [-0.1, -0.05) is 18.2 Å². The minimum absolute atomic E-state index is 0.0207. The van der Waals surface area contributed by atoms with Crippen LogP contribution in [0.3, 0.4) is 0 Å². The standard InChI is InChI=1S/C22H25N5O/c1-27(2)14-6-9-22(28)26-21-16-18(11-13-24-21)17-10-12-23-20(15-17)25-19-7-4-3-5-8-19/h3-5,7-8,10-13,15-16H,6,9,14H2,1-2H3,(H,23,25)(H,24,26,28). The van der Waals surface area contributed by atoms with E-state index in [4.69, 9.17) is 0 Å². The number of amides is 1. The number of carbonyl (C=O) groups is 1. The molecule has 0 saturated heterocycles. The van der Waals surface area contributed by atoms with Crippen molar-refractivity contribution in [3.05, 3.63) is 67.0 Å². The molecule has 0 bridgehead atoms. The number of nitrogens with one attached hydrogen (secondary N) is 2. The fourth-order valence-electron chi connectivity index (χ4n) is 2.79. The van der Waals surface area contributed by atoms with Crippen LogP contribution >= 0.6 is 0 Å². The lowest BCUT2D eigenvalue weighted by Gasteiger charge is -2.10. The van der Waals surface area contributed by atoms with Gasteiger partial charge in [-0.3, -0.25) is 4.79 Å². The molecule has 1 aromatic carbocycles. The summed E-state index contributed by atoms with van der Waals surface area (Å²) in [7, 11) is 4.00. The summed E-state index contributed by atoms with van der Waals surface area (Å²) in [6.07, 6.45) is 4.76. The van der Waals surface area contributed by atoms with Crippen molar-refractivity contribution in [2.45, 2.75) is 12.8 Å². The molecule has 0 atom stereocenters. The van der Waals surface area contributed by atoms with E-state index in [0.29, 0.717) is 12.2 Å². The van der Waals surface area contributed by atoms with Gasteiger partial charge in [-0.25, -0.2) is 9.97 Å². The Bertz CT molecular complexity index is 912. The molecule has 2 heterocycles. The lowest BCUT2D eigenvalue weighted by Crippen LogP contribution is -2.17. The maximum absolute atomic E-state index is 12.1. The predicted molar refractivity (Wildman–Crippen MR) is 114 cm³/mol. The van der Waals surface area contributed by atoms with Crippen LogP contribution in [0, 0.1) is 0 Å². The molecule has 2 N–H and O–H groups in total. The molecule has 144 valence electrons. The van der Waals surface area contributed by atoms with E-state index in [1.807, 2.05) is 68.7 Å². The molecule has 28 heavy (non-hydrogen) atoms. The van der Waals surface area contributed by atoms with E-state index < -0.39 is 0 Å². The van der Waals surface area contributed by atoms with Crippen molar-refractivity contribution in [3.8, 4) is 11.1 Å². The van der Waals surface area contributed by atoms with E-state index in [1.165, 1.54) is 0 Å². The van der Waals surface area contributed by atoms with Crippen molar-refractivity contribution in [2.75, 3.05) is 31.3 Å². The van der Waals surface area contributed by atoms with Crippen molar-refractivity contribution >= 4 is 23.2 Å². The van der Waals surface area contributed by atoms with Gasteiger partial charge in [0.05, 0.1) is 0 Å². The van der Waals surface area contributed by atoms with Crippen LogP contribution in [0.2, 0.25) is 0 Å². The second-order valence-electron chi connectivity index (χ2n) is 6.81. The number of hydrogen-bond donors (Lipinski definition) is 2. The van der Waals surface area contributed by atoms with Gasteiger partial charge in [-0.2, -0.15) is 0 Å². The Morgan fingerprint density at radius 2 is 1.57 bits per heavy atom. The molecule has 3 rings (SSSR count). The van der Waals surface area contributed by atoms with E-state index >= 15 is 0 Å². The summed E-state index contributed by atoms with van der Waals surface area (Å²) in [5.41, 5.74) is 2.95. The molecule has 0 aliphatic rings. The van der Waals surface area contributed by atoms with Crippen molar-refractivity contribution in [1.29, 1.82) is 0 Å². The van der Waals surface area contributed by atoms with Crippen LogP contribution < -0.4 is 10.6 Å². The number of pyridine rings is 2. The van der Waals surface area contributed by atoms with Crippen LogP contribution in [0.5, 0.6) is 0 Å². The van der Waals surface area contributed by atoms with E-state index in [0.717, 1.165) is 35.6 Å². The van der Waals surface area contributed by atoms with Gasteiger partial charge in [0.1, 0.15) is 11.6 Å². The number of nitrogens with zero attached hydrogens (tertiary/aromatic N) is 3. The van der Waals surface area contributed by atoms with Gasteiger partial charge < -0.3 is 15.5 Å². The van der Waals surface area contributed by atoms with Crippen LogP contribution in [0.4, 0.5) is 17.3 Å². The summed E-state index contributed by atoms with van der Waals surface area (Å²) >= 11 is 0. The van der Waals surface area contributed by atoms with Gasteiger partial charge in [-0.15, -0.1) is 0 Å². The zero-order valence-corrected chi connectivity index (χ0v) is 16.2. The number of rotatable bonds is 8. The third-order valence-corrected chi connectivity index (χ3v) is 4.18. The van der Waals surface area contributed by atoms with Gasteiger partial charge in [0.25, 0.3) is 0 Å². The second kappa shape index (κ2) is 9.62. The Kier molecular flexibility index (Phi) is 6.70. The third-order valence-electron chi connectivity index (χ3n) is 4.18. The second-order valence-corrected chi connectivity index (χ2v) is 6.81. The van der Waals surface area contributed by atoms with E-state index in [-0.39, 0.29) is 5.91 Å². The lowest BCUT2D eigenvalue weighted by molar-refractivity contribution is -0.116. The number of carbonyl (C=O) groups excluding carboxylic acids is 1. The molecule has 0 spiro atoms.